The molecule has 0 aromatic heterocycles. The van der Waals surface area contributed by atoms with E-state index in [4.69, 9.17) is 0 Å². The average molecular weight is 327 g/mol. The maximum atomic E-state index is 3.65. The Morgan fingerprint density at radius 1 is 1.13 bits per heavy atom. The van der Waals surface area contributed by atoms with E-state index >= 15 is 0 Å². The van der Waals surface area contributed by atoms with Gasteiger partial charge >= 0.3 is 0 Å². The van der Waals surface area contributed by atoms with Gasteiger partial charge in [0.15, 0.2) is 0 Å². The Morgan fingerprint density at radius 2 is 1.70 bits per heavy atom. The molecule has 1 fully saturated rings. The minimum Gasteiger partial charge on any atom is -0.316 e. The first-order chi connectivity index (χ1) is 11.1. The van der Waals surface area contributed by atoms with Gasteiger partial charge in [-0.1, -0.05) is 46.3 Å². The van der Waals surface area contributed by atoms with Gasteiger partial charge in [-0.3, -0.25) is 0 Å². The second-order valence-electron chi connectivity index (χ2n) is 6.70. The van der Waals surface area contributed by atoms with Gasteiger partial charge in [0.25, 0.3) is 0 Å². The van der Waals surface area contributed by atoms with E-state index in [1.54, 1.807) is 0 Å². The molecular formula is C21H46N2. The summed E-state index contributed by atoms with van der Waals surface area (Å²) >= 11 is 0. The fourth-order valence-electron chi connectivity index (χ4n) is 2.76. The fraction of sp³-hybridized carbons (Fsp3) is 0.905. The van der Waals surface area contributed by atoms with Crippen molar-refractivity contribution in [2.75, 3.05) is 33.2 Å². The first-order valence-electron chi connectivity index (χ1n) is 10.1. The lowest BCUT2D eigenvalue weighted by Crippen LogP contribution is -2.32. The summed E-state index contributed by atoms with van der Waals surface area (Å²) in [5.41, 5.74) is 1.45. The summed E-state index contributed by atoms with van der Waals surface area (Å²) in [5, 5.41) is 3.65. The number of nitrogens with zero attached hydrogens (tertiary/aromatic N) is 1. The van der Waals surface area contributed by atoms with Crippen molar-refractivity contribution in [1.29, 1.82) is 0 Å². The summed E-state index contributed by atoms with van der Waals surface area (Å²) in [6.07, 6.45) is 9.07. The predicted octanol–water partition coefficient (Wildman–Crippen LogP) is 5.74. The quantitative estimate of drug-likeness (QED) is 0.452. The first kappa shape index (κ1) is 24.9. The Hall–Kier alpha value is -0.340. The molecule has 1 aliphatic rings. The normalized spacial score (nSPS) is 16.5. The van der Waals surface area contributed by atoms with Crippen LogP contribution in [-0.2, 0) is 0 Å². The first-order valence-corrected chi connectivity index (χ1v) is 10.1. The molecule has 0 aliphatic carbocycles. The van der Waals surface area contributed by atoms with Crippen LogP contribution in [0.2, 0.25) is 0 Å². The van der Waals surface area contributed by atoms with Gasteiger partial charge in [-0.15, -0.1) is 0 Å². The monoisotopic (exact) mass is 326 g/mol. The van der Waals surface area contributed by atoms with Crippen LogP contribution in [0.1, 0.15) is 80.6 Å². The minimum absolute atomic E-state index is 0.799. The third kappa shape index (κ3) is 16.3. The fourth-order valence-corrected chi connectivity index (χ4v) is 2.76. The highest BCUT2D eigenvalue weighted by Gasteiger charge is 2.15. The zero-order valence-corrected chi connectivity index (χ0v) is 17.5. The Morgan fingerprint density at radius 3 is 2.22 bits per heavy atom. The van der Waals surface area contributed by atoms with Crippen LogP contribution in [0.5, 0.6) is 0 Å². The number of nitrogens with one attached hydrogen (secondary N) is 1. The van der Waals surface area contributed by atoms with Crippen molar-refractivity contribution in [3.63, 3.8) is 0 Å². The summed E-state index contributed by atoms with van der Waals surface area (Å²) in [7, 11) is 2.24. The highest BCUT2D eigenvalue weighted by molar-refractivity contribution is 4.92. The van der Waals surface area contributed by atoms with E-state index in [0.29, 0.717) is 0 Å². The number of piperidine rings is 1. The second kappa shape index (κ2) is 18.0. The molecule has 2 heteroatoms. The Bertz CT molecular complexity index is 249. The summed E-state index contributed by atoms with van der Waals surface area (Å²) < 4.78 is 0. The summed E-state index contributed by atoms with van der Waals surface area (Å²) in [6, 6.07) is 0. The Balaban J connectivity index is 0. The van der Waals surface area contributed by atoms with E-state index in [2.05, 4.69) is 44.1 Å². The topological polar surface area (TPSA) is 15.3 Å². The van der Waals surface area contributed by atoms with Crippen molar-refractivity contribution in [2.45, 2.75) is 80.6 Å². The van der Waals surface area contributed by atoms with Crippen LogP contribution in [-0.4, -0.2) is 38.1 Å². The van der Waals surface area contributed by atoms with Crippen LogP contribution in [0.25, 0.3) is 0 Å². The minimum atomic E-state index is 0.799. The summed E-state index contributed by atoms with van der Waals surface area (Å²) in [5.74, 6) is 1.76. The lowest BCUT2D eigenvalue weighted by Gasteiger charge is -2.29. The zero-order valence-electron chi connectivity index (χ0n) is 17.5. The molecule has 0 amide bonds. The van der Waals surface area contributed by atoms with Gasteiger partial charge in [0.05, 0.1) is 0 Å². The van der Waals surface area contributed by atoms with Crippen LogP contribution in [0.4, 0.5) is 0 Å². The van der Waals surface area contributed by atoms with Gasteiger partial charge in [0, 0.05) is 0 Å². The van der Waals surface area contributed by atoms with Crippen LogP contribution < -0.4 is 5.32 Å². The summed E-state index contributed by atoms with van der Waals surface area (Å²) in [4.78, 5) is 2.45. The highest BCUT2D eigenvalue weighted by atomic mass is 15.1. The lowest BCUT2D eigenvalue weighted by molar-refractivity contribution is 0.211. The molecule has 0 spiro atoms. The lowest BCUT2D eigenvalue weighted by atomic mass is 9.94. The van der Waals surface area contributed by atoms with Crippen molar-refractivity contribution in [3.8, 4) is 0 Å². The summed E-state index contributed by atoms with van der Waals surface area (Å²) in [6.45, 7) is 19.7. The van der Waals surface area contributed by atoms with E-state index in [1.807, 2.05) is 27.7 Å². The van der Waals surface area contributed by atoms with Gasteiger partial charge in [0.1, 0.15) is 0 Å². The number of hydrogen-bond donors (Lipinski definition) is 1. The molecule has 0 aromatic carbocycles. The van der Waals surface area contributed by atoms with Gasteiger partial charge in [0.2, 0.25) is 0 Å². The molecule has 1 aliphatic heterocycles. The smallest absolute Gasteiger partial charge is 0.00191 e. The molecule has 1 N–H and O–H groups in total. The van der Waals surface area contributed by atoms with E-state index in [1.165, 1.54) is 63.9 Å². The van der Waals surface area contributed by atoms with Crippen molar-refractivity contribution in [1.82, 2.24) is 10.2 Å². The number of rotatable bonds is 8. The highest BCUT2D eigenvalue weighted by Crippen LogP contribution is 2.18. The molecule has 1 saturated heterocycles. The van der Waals surface area contributed by atoms with Gasteiger partial charge in [-0.2, -0.15) is 0 Å². The van der Waals surface area contributed by atoms with E-state index < -0.39 is 0 Å². The van der Waals surface area contributed by atoms with Crippen LogP contribution in [0.15, 0.2) is 11.6 Å². The van der Waals surface area contributed by atoms with Crippen molar-refractivity contribution < 1.29 is 0 Å². The van der Waals surface area contributed by atoms with Gasteiger partial charge in [-0.25, -0.2) is 0 Å². The number of likely N-dealkylation sites (tertiary alicyclic amines) is 1. The van der Waals surface area contributed by atoms with Gasteiger partial charge in [-0.05, 0) is 91.0 Å². The molecule has 1 atom stereocenters. The largest absolute Gasteiger partial charge is 0.316 e. The van der Waals surface area contributed by atoms with Crippen molar-refractivity contribution >= 4 is 0 Å². The van der Waals surface area contributed by atoms with Crippen LogP contribution in [0.3, 0.4) is 0 Å². The molecule has 140 valence electrons. The van der Waals surface area contributed by atoms with E-state index in [-0.39, 0.29) is 0 Å². The molecule has 1 rings (SSSR count). The van der Waals surface area contributed by atoms with Crippen LogP contribution >= 0.6 is 0 Å². The van der Waals surface area contributed by atoms with Crippen molar-refractivity contribution in [2.24, 2.45) is 11.8 Å². The average Bonchev–Trinajstić information content (AvgIpc) is 2.56. The molecule has 0 radical (unpaired) electrons. The van der Waals surface area contributed by atoms with Crippen molar-refractivity contribution in [3.05, 3.63) is 11.6 Å². The Kier molecular flexibility index (Phi) is 19.5. The predicted molar refractivity (Wildman–Crippen MR) is 108 cm³/mol. The van der Waals surface area contributed by atoms with Gasteiger partial charge < -0.3 is 10.2 Å². The molecular weight excluding hydrogens is 280 g/mol. The molecule has 1 heterocycles. The molecule has 0 aromatic rings. The maximum Gasteiger partial charge on any atom is -0.00191 e. The van der Waals surface area contributed by atoms with E-state index in [9.17, 15) is 0 Å². The molecule has 2 nitrogen and oxygen atoms in total. The molecule has 0 bridgehead atoms. The third-order valence-electron chi connectivity index (χ3n) is 4.27. The SMILES string of the molecule is CC.CC.CC(C)=CCCC(C)CNCCC1CCN(C)CC1. The van der Waals surface area contributed by atoms with E-state index in [0.717, 1.165) is 11.8 Å². The standard InChI is InChI=1S/C17H34N2.2C2H6/c1-15(2)6-5-7-16(3)14-18-11-8-17-9-12-19(4)13-10-17;2*1-2/h6,16-18H,5,7-14H2,1-4H3;2*1-2H3. The number of allylic oxidation sites excluding steroid dienone is 2. The molecule has 23 heavy (non-hydrogen) atoms. The Labute approximate surface area is 148 Å². The third-order valence-corrected chi connectivity index (χ3v) is 4.27. The number of hydrogen-bond acceptors (Lipinski definition) is 2. The maximum absolute atomic E-state index is 3.65. The molecule has 0 saturated carbocycles. The second-order valence-corrected chi connectivity index (χ2v) is 6.70. The van der Waals surface area contributed by atoms with Crippen LogP contribution in [0, 0.1) is 11.8 Å². The zero-order chi connectivity index (χ0) is 18.1. The molecule has 1 unspecified atom stereocenters.